The lowest BCUT2D eigenvalue weighted by Crippen LogP contribution is -3.00. The summed E-state index contributed by atoms with van der Waals surface area (Å²) in [5.74, 6) is 0.116. The van der Waals surface area contributed by atoms with Gasteiger partial charge in [-0.05, 0) is 36.6 Å². The summed E-state index contributed by atoms with van der Waals surface area (Å²) in [5, 5.41) is 0.749. The van der Waals surface area contributed by atoms with Crippen molar-refractivity contribution in [2.24, 2.45) is 0 Å². The average Bonchev–Trinajstić information content (AvgIpc) is 2.59. The summed E-state index contributed by atoms with van der Waals surface area (Å²) in [5.41, 5.74) is 4.33. The number of Topliss-reactive ketones (excluding diaryl/α,β-unsaturated/α-hetero) is 1. The molecule has 2 nitrogen and oxygen atoms in total. The largest absolute Gasteiger partial charge is 1.00 e. The van der Waals surface area contributed by atoms with Crippen LogP contribution in [0.5, 0.6) is 0 Å². The molecule has 0 atom stereocenters. The maximum atomic E-state index is 12.3. The van der Waals surface area contributed by atoms with Crippen LogP contribution in [0.15, 0.2) is 73.1 Å². The predicted molar refractivity (Wildman–Crippen MR) is 96.4 cm³/mol. The Morgan fingerprint density at radius 2 is 1.44 bits per heavy atom. The zero-order chi connectivity index (χ0) is 16.9. The van der Waals surface area contributed by atoms with Crippen LogP contribution in [0.2, 0.25) is 5.02 Å². The van der Waals surface area contributed by atoms with E-state index in [1.807, 2.05) is 72.4 Å². The Bertz CT molecular complexity index is 827. The molecule has 0 fully saturated rings. The minimum atomic E-state index is 0. The number of hydrogen-bond donors (Lipinski definition) is 0. The number of rotatable bonds is 5. The summed E-state index contributed by atoms with van der Waals surface area (Å²) in [6.07, 6.45) is 4.76. The highest BCUT2D eigenvalue weighted by Crippen LogP contribution is 2.13. The highest BCUT2D eigenvalue weighted by molar-refractivity contribution is 6.30. The van der Waals surface area contributed by atoms with Gasteiger partial charge in [-0.2, -0.15) is 4.57 Å². The van der Waals surface area contributed by atoms with Crippen LogP contribution in [0.4, 0.5) is 0 Å². The second-order valence-corrected chi connectivity index (χ2v) is 6.41. The van der Waals surface area contributed by atoms with Crippen molar-refractivity contribution in [2.75, 3.05) is 0 Å². The molecule has 0 radical (unpaired) electrons. The lowest BCUT2D eigenvalue weighted by atomic mass is 10.1. The van der Waals surface area contributed by atoms with Crippen molar-refractivity contribution >= 4 is 17.4 Å². The number of carbonyl (C=O) groups excluding carboxylic acids is 1. The van der Waals surface area contributed by atoms with E-state index in [1.165, 1.54) is 11.1 Å². The zero-order valence-electron chi connectivity index (χ0n) is 14.0. The second-order valence-electron chi connectivity index (χ2n) is 5.97. The third kappa shape index (κ3) is 5.52. The standard InChI is InChI=1S/C21H19ClNO.BrH/c1-16-2-6-19(7-3-16)21(24)15-23-12-10-18(11-13-23)14-17-4-8-20(22)9-5-17;/h2-13H,14-15H2,1H3;1H/q+1;/p-1. The van der Waals surface area contributed by atoms with E-state index in [-0.39, 0.29) is 22.8 Å². The Labute approximate surface area is 163 Å². The number of carbonyl (C=O) groups is 1. The van der Waals surface area contributed by atoms with Crippen molar-refractivity contribution < 1.29 is 26.3 Å². The van der Waals surface area contributed by atoms with E-state index in [1.54, 1.807) is 0 Å². The van der Waals surface area contributed by atoms with Crippen LogP contribution < -0.4 is 21.5 Å². The number of halogens is 2. The van der Waals surface area contributed by atoms with Crippen LogP contribution in [0.3, 0.4) is 0 Å². The Kier molecular flexibility index (Phi) is 6.91. The van der Waals surface area contributed by atoms with E-state index >= 15 is 0 Å². The minimum Gasteiger partial charge on any atom is -1.00 e. The number of nitrogens with zero attached hydrogens (tertiary/aromatic N) is 1. The lowest BCUT2D eigenvalue weighted by Gasteiger charge is -2.02. The Hall–Kier alpha value is -1.97. The number of ketones is 1. The van der Waals surface area contributed by atoms with Gasteiger partial charge in [-0.15, -0.1) is 0 Å². The fourth-order valence-corrected chi connectivity index (χ4v) is 2.67. The molecule has 0 aliphatic rings. The van der Waals surface area contributed by atoms with Crippen molar-refractivity contribution in [3.05, 3.63) is 100 Å². The molecule has 0 saturated heterocycles. The van der Waals surface area contributed by atoms with Gasteiger partial charge < -0.3 is 17.0 Å². The van der Waals surface area contributed by atoms with E-state index in [9.17, 15) is 4.79 Å². The van der Waals surface area contributed by atoms with Crippen molar-refractivity contribution in [1.82, 2.24) is 0 Å². The molecule has 1 aromatic heterocycles. The number of benzene rings is 2. The lowest BCUT2D eigenvalue weighted by molar-refractivity contribution is -0.683. The zero-order valence-corrected chi connectivity index (χ0v) is 16.3. The molecule has 0 bridgehead atoms. The van der Waals surface area contributed by atoms with Crippen LogP contribution in [0.25, 0.3) is 0 Å². The van der Waals surface area contributed by atoms with E-state index < -0.39 is 0 Å². The summed E-state index contributed by atoms with van der Waals surface area (Å²) in [4.78, 5) is 12.3. The fraction of sp³-hybridized carbons (Fsp3) is 0.143. The second kappa shape index (κ2) is 8.93. The van der Waals surface area contributed by atoms with Gasteiger partial charge in [-0.25, -0.2) is 0 Å². The molecule has 0 aliphatic carbocycles. The molecule has 0 aliphatic heterocycles. The molecule has 0 amide bonds. The van der Waals surface area contributed by atoms with E-state index in [0.717, 1.165) is 22.6 Å². The van der Waals surface area contributed by atoms with Crippen molar-refractivity contribution in [3.8, 4) is 0 Å². The average molecular weight is 417 g/mol. The Balaban J connectivity index is 0.00000225. The predicted octanol–water partition coefficient (Wildman–Crippen LogP) is 1.41. The first-order valence-corrected chi connectivity index (χ1v) is 8.30. The van der Waals surface area contributed by atoms with Crippen LogP contribution in [-0.4, -0.2) is 5.78 Å². The monoisotopic (exact) mass is 415 g/mol. The molecule has 4 heteroatoms. The fourth-order valence-electron chi connectivity index (χ4n) is 2.55. The van der Waals surface area contributed by atoms with E-state index in [2.05, 4.69) is 12.1 Å². The van der Waals surface area contributed by atoms with Gasteiger partial charge in [0.25, 0.3) is 0 Å². The van der Waals surface area contributed by atoms with Crippen LogP contribution >= 0.6 is 11.6 Å². The molecule has 0 unspecified atom stereocenters. The molecule has 3 aromatic rings. The smallest absolute Gasteiger partial charge is 0.227 e. The molecule has 25 heavy (non-hydrogen) atoms. The minimum absolute atomic E-state index is 0. The normalized spacial score (nSPS) is 10.2. The molecule has 0 N–H and O–H groups in total. The van der Waals surface area contributed by atoms with Gasteiger partial charge in [0.15, 0.2) is 12.4 Å². The maximum Gasteiger partial charge on any atom is 0.227 e. The third-order valence-corrected chi connectivity index (χ3v) is 4.23. The molecule has 3 rings (SSSR count). The number of hydrogen-bond acceptors (Lipinski definition) is 1. The summed E-state index contributed by atoms with van der Waals surface area (Å²) in [7, 11) is 0. The van der Waals surface area contributed by atoms with Gasteiger partial charge in [0, 0.05) is 22.7 Å². The molecular weight excluding hydrogens is 398 g/mol. The SMILES string of the molecule is Cc1ccc(C(=O)C[n+]2ccc(Cc3ccc(Cl)cc3)cc2)cc1.[Br-]. The molecule has 0 spiro atoms. The Morgan fingerprint density at radius 3 is 2.04 bits per heavy atom. The first kappa shape index (κ1) is 19.4. The summed E-state index contributed by atoms with van der Waals surface area (Å²) in [6.45, 7) is 2.37. The van der Waals surface area contributed by atoms with Crippen LogP contribution in [0.1, 0.15) is 27.0 Å². The topological polar surface area (TPSA) is 20.9 Å². The van der Waals surface area contributed by atoms with Gasteiger partial charge >= 0.3 is 0 Å². The van der Waals surface area contributed by atoms with Gasteiger partial charge in [0.05, 0.1) is 0 Å². The van der Waals surface area contributed by atoms with Gasteiger partial charge in [0.2, 0.25) is 12.3 Å². The summed E-state index contributed by atoms with van der Waals surface area (Å²) in [6, 6.07) is 19.7. The molecule has 1 heterocycles. The van der Waals surface area contributed by atoms with Crippen molar-refractivity contribution in [1.29, 1.82) is 0 Å². The molecular formula is C21H19BrClNO. The summed E-state index contributed by atoms with van der Waals surface area (Å²) >= 11 is 5.91. The maximum absolute atomic E-state index is 12.3. The highest BCUT2D eigenvalue weighted by atomic mass is 79.9. The number of aryl methyl sites for hydroxylation is 1. The van der Waals surface area contributed by atoms with Gasteiger partial charge in [0.1, 0.15) is 0 Å². The van der Waals surface area contributed by atoms with Gasteiger partial charge in [-0.1, -0.05) is 53.6 Å². The van der Waals surface area contributed by atoms with E-state index in [0.29, 0.717) is 6.54 Å². The molecule has 0 saturated carbocycles. The first-order chi connectivity index (χ1) is 11.6. The number of pyridine rings is 1. The van der Waals surface area contributed by atoms with Crippen molar-refractivity contribution in [2.45, 2.75) is 19.9 Å². The first-order valence-electron chi connectivity index (χ1n) is 7.92. The quantitative estimate of drug-likeness (QED) is 0.455. The number of aromatic nitrogens is 1. The van der Waals surface area contributed by atoms with Crippen LogP contribution in [0, 0.1) is 6.92 Å². The Morgan fingerprint density at radius 1 is 0.880 bits per heavy atom. The molecule has 128 valence electrons. The van der Waals surface area contributed by atoms with Crippen molar-refractivity contribution in [3.63, 3.8) is 0 Å². The molecule has 2 aromatic carbocycles. The highest BCUT2D eigenvalue weighted by Gasteiger charge is 2.11. The summed E-state index contributed by atoms with van der Waals surface area (Å²) < 4.78 is 1.91. The van der Waals surface area contributed by atoms with Gasteiger partial charge in [-0.3, -0.25) is 4.79 Å². The third-order valence-electron chi connectivity index (χ3n) is 3.98. The van der Waals surface area contributed by atoms with E-state index in [4.69, 9.17) is 11.6 Å². The van der Waals surface area contributed by atoms with Crippen LogP contribution in [-0.2, 0) is 13.0 Å².